The second-order valence-electron chi connectivity index (χ2n) is 6.36. The maximum Gasteiger partial charge on any atom is -0.0331 e. The van der Waals surface area contributed by atoms with Crippen LogP contribution in [-0.2, 0) is 0 Å². The third kappa shape index (κ3) is 1.85. The van der Waals surface area contributed by atoms with Crippen LogP contribution in [0.1, 0.15) is 47.5 Å². The first-order valence-corrected chi connectivity index (χ1v) is 6.52. The minimum atomic E-state index is 0.975. The second kappa shape index (κ2) is 3.54. The molecular weight excluding hydrogens is 168 g/mol. The van der Waals surface area contributed by atoms with Crippen molar-refractivity contribution < 1.29 is 0 Å². The van der Waals surface area contributed by atoms with E-state index in [0.717, 1.165) is 41.4 Å². The van der Waals surface area contributed by atoms with E-state index in [1.807, 2.05) is 0 Å². The van der Waals surface area contributed by atoms with E-state index in [1.165, 1.54) is 12.8 Å². The van der Waals surface area contributed by atoms with Crippen LogP contribution in [0.2, 0.25) is 0 Å². The summed E-state index contributed by atoms with van der Waals surface area (Å²) in [6.45, 7) is 12.2. The maximum atomic E-state index is 2.48. The van der Waals surface area contributed by atoms with Gasteiger partial charge in [-0.15, -0.1) is 0 Å². The largest absolute Gasteiger partial charge is 0.0622 e. The zero-order chi connectivity index (χ0) is 10.5. The fourth-order valence-electron chi connectivity index (χ4n) is 3.80. The topological polar surface area (TPSA) is 0 Å². The molecule has 6 unspecified atom stereocenters. The highest BCUT2D eigenvalue weighted by Gasteiger charge is 2.47. The van der Waals surface area contributed by atoms with Crippen molar-refractivity contribution in [1.29, 1.82) is 0 Å². The van der Waals surface area contributed by atoms with Crippen LogP contribution in [-0.4, -0.2) is 0 Å². The zero-order valence-corrected chi connectivity index (χ0v) is 10.5. The van der Waals surface area contributed by atoms with Gasteiger partial charge in [0.1, 0.15) is 0 Å². The Morgan fingerprint density at radius 2 is 1.50 bits per heavy atom. The van der Waals surface area contributed by atoms with E-state index >= 15 is 0 Å². The van der Waals surface area contributed by atoms with Crippen molar-refractivity contribution in [3.05, 3.63) is 0 Å². The Morgan fingerprint density at radius 3 is 1.86 bits per heavy atom. The van der Waals surface area contributed by atoms with Crippen LogP contribution in [0.15, 0.2) is 0 Å². The molecule has 2 rings (SSSR count). The second-order valence-corrected chi connectivity index (χ2v) is 6.36. The van der Waals surface area contributed by atoms with Crippen molar-refractivity contribution in [2.75, 3.05) is 0 Å². The lowest BCUT2D eigenvalue weighted by molar-refractivity contribution is 0.328. The van der Waals surface area contributed by atoms with E-state index in [-0.39, 0.29) is 0 Å². The molecule has 0 bridgehead atoms. The van der Waals surface area contributed by atoms with Crippen LogP contribution in [0.5, 0.6) is 0 Å². The Kier molecular flexibility index (Phi) is 2.66. The molecule has 0 heteroatoms. The van der Waals surface area contributed by atoms with Gasteiger partial charge >= 0.3 is 0 Å². The van der Waals surface area contributed by atoms with Gasteiger partial charge in [0.15, 0.2) is 0 Å². The minimum absolute atomic E-state index is 0.975. The molecule has 0 radical (unpaired) electrons. The lowest BCUT2D eigenvalue weighted by Crippen LogP contribution is -2.08. The summed E-state index contributed by atoms with van der Waals surface area (Å²) >= 11 is 0. The minimum Gasteiger partial charge on any atom is -0.0622 e. The van der Waals surface area contributed by atoms with Gasteiger partial charge in [0.25, 0.3) is 0 Å². The van der Waals surface area contributed by atoms with Gasteiger partial charge in [-0.1, -0.05) is 34.6 Å². The van der Waals surface area contributed by atoms with Gasteiger partial charge in [0.05, 0.1) is 0 Å². The molecule has 2 aliphatic carbocycles. The molecular formula is C14H26. The van der Waals surface area contributed by atoms with E-state index in [1.54, 1.807) is 0 Å². The molecule has 0 aromatic carbocycles. The molecule has 2 aliphatic rings. The van der Waals surface area contributed by atoms with Gasteiger partial charge < -0.3 is 0 Å². The maximum absolute atomic E-state index is 2.48. The standard InChI is InChI=1S/C14H26/c1-8(13-7-9(13)2)6-10(3)14-11(4)12(14)5/h8-14H,6-7H2,1-5H3. The molecule has 6 atom stereocenters. The molecule has 0 aromatic rings. The Morgan fingerprint density at radius 1 is 1.00 bits per heavy atom. The van der Waals surface area contributed by atoms with Gasteiger partial charge in [-0.25, -0.2) is 0 Å². The molecule has 82 valence electrons. The highest BCUT2D eigenvalue weighted by Crippen LogP contribution is 2.53. The quantitative estimate of drug-likeness (QED) is 0.629. The summed E-state index contributed by atoms with van der Waals surface area (Å²) in [7, 11) is 0. The molecule has 0 aliphatic heterocycles. The van der Waals surface area contributed by atoms with E-state index in [0.29, 0.717) is 0 Å². The van der Waals surface area contributed by atoms with Crippen molar-refractivity contribution >= 4 is 0 Å². The third-order valence-electron chi connectivity index (χ3n) is 5.21. The van der Waals surface area contributed by atoms with Gasteiger partial charge in [-0.2, -0.15) is 0 Å². The van der Waals surface area contributed by atoms with Crippen LogP contribution in [0.4, 0.5) is 0 Å². The molecule has 0 spiro atoms. The molecule has 0 N–H and O–H groups in total. The van der Waals surface area contributed by atoms with Crippen molar-refractivity contribution in [3.8, 4) is 0 Å². The SMILES string of the molecule is CC(CC(C)C1C(C)C1C)C1CC1C. The summed E-state index contributed by atoms with van der Waals surface area (Å²) in [6, 6.07) is 0. The number of hydrogen-bond acceptors (Lipinski definition) is 0. The molecule has 0 heterocycles. The van der Waals surface area contributed by atoms with E-state index in [4.69, 9.17) is 0 Å². The van der Waals surface area contributed by atoms with E-state index < -0.39 is 0 Å². The molecule has 0 saturated heterocycles. The first kappa shape index (κ1) is 10.5. The summed E-state index contributed by atoms with van der Waals surface area (Å²) in [5.41, 5.74) is 0. The number of hydrogen-bond donors (Lipinski definition) is 0. The van der Waals surface area contributed by atoms with Crippen LogP contribution in [0, 0.1) is 41.4 Å². The molecule has 14 heavy (non-hydrogen) atoms. The zero-order valence-electron chi connectivity index (χ0n) is 10.5. The van der Waals surface area contributed by atoms with Gasteiger partial charge in [0.2, 0.25) is 0 Å². The summed E-state index contributed by atoms with van der Waals surface area (Å²) in [5, 5.41) is 0. The Balaban J connectivity index is 1.75. The predicted octanol–water partition coefficient (Wildman–Crippen LogP) is 4.21. The summed E-state index contributed by atoms with van der Waals surface area (Å²) in [6.07, 6.45) is 2.98. The van der Waals surface area contributed by atoms with E-state index in [9.17, 15) is 0 Å². The van der Waals surface area contributed by atoms with Crippen LogP contribution in [0.3, 0.4) is 0 Å². The predicted molar refractivity (Wildman–Crippen MR) is 62.0 cm³/mol. The molecule has 0 aromatic heterocycles. The van der Waals surface area contributed by atoms with Crippen LogP contribution >= 0.6 is 0 Å². The average Bonchev–Trinajstić information content (AvgIpc) is 2.94. The lowest BCUT2D eigenvalue weighted by atomic mass is 9.89. The third-order valence-corrected chi connectivity index (χ3v) is 5.21. The summed E-state index contributed by atoms with van der Waals surface area (Å²) in [5.74, 6) is 7.13. The van der Waals surface area contributed by atoms with Gasteiger partial charge in [-0.05, 0) is 54.3 Å². The van der Waals surface area contributed by atoms with Gasteiger partial charge in [0, 0.05) is 0 Å². The van der Waals surface area contributed by atoms with Crippen molar-refractivity contribution in [2.45, 2.75) is 47.5 Å². The Bertz CT molecular complexity index is 200. The van der Waals surface area contributed by atoms with Crippen LogP contribution in [0.25, 0.3) is 0 Å². The Labute approximate surface area is 89.5 Å². The van der Waals surface area contributed by atoms with Crippen LogP contribution < -0.4 is 0 Å². The average molecular weight is 194 g/mol. The summed E-state index contributed by atoms with van der Waals surface area (Å²) < 4.78 is 0. The molecule has 0 nitrogen and oxygen atoms in total. The van der Waals surface area contributed by atoms with Crippen molar-refractivity contribution in [3.63, 3.8) is 0 Å². The normalized spacial score (nSPS) is 49.9. The number of rotatable bonds is 4. The monoisotopic (exact) mass is 194 g/mol. The van der Waals surface area contributed by atoms with Crippen molar-refractivity contribution in [2.24, 2.45) is 41.4 Å². The van der Waals surface area contributed by atoms with Crippen molar-refractivity contribution in [1.82, 2.24) is 0 Å². The highest BCUT2D eigenvalue weighted by molar-refractivity contribution is 4.95. The smallest absolute Gasteiger partial charge is 0.0331 e. The van der Waals surface area contributed by atoms with E-state index in [2.05, 4.69) is 34.6 Å². The first-order valence-electron chi connectivity index (χ1n) is 6.52. The first-order chi connectivity index (χ1) is 6.52. The fourth-order valence-corrected chi connectivity index (χ4v) is 3.80. The molecule has 2 saturated carbocycles. The Hall–Kier alpha value is 0. The van der Waals surface area contributed by atoms with Gasteiger partial charge in [-0.3, -0.25) is 0 Å². The summed E-state index contributed by atoms with van der Waals surface area (Å²) in [4.78, 5) is 0. The highest BCUT2D eigenvalue weighted by atomic mass is 14.5. The molecule has 0 amide bonds. The lowest BCUT2D eigenvalue weighted by Gasteiger charge is -2.17. The fraction of sp³-hybridized carbons (Fsp3) is 1.00. The molecule has 2 fully saturated rings.